The van der Waals surface area contributed by atoms with Crippen molar-refractivity contribution in [3.63, 3.8) is 0 Å². The first kappa shape index (κ1) is 16.6. The number of carbonyl (C=O) groups is 1. The topological polar surface area (TPSA) is 97.1 Å². The summed E-state index contributed by atoms with van der Waals surface area (Å²) in [5.74, 6) is 1.52. The van der Waals surface area contributed by atoms with Gasteiger partial charge in [0.25, 0.3) is 5.88 Å². The summed E-state index contributed by atoms with van der Waals surface area (Å²) < 4.78 is 10.1. The van der Waals surface area contributed by atoms with Crippen LogP contribution in [-0.2, 0) is 11.2 Å². The van der Waals surface area contributed by atoms with Gasteiger partial charge < -0.3 is 19.1 Å². The van der Waals surface area contributed by atoms with E-state index in [-0.39, 0.29) is 5.91 Å². The summed E-state index contributed by atoms with van der Waals surface area (Å²) >= 11 is 0. The number of hydrogen-bond donors (Lipinski definition) is 1. The highest BCUT2D eigenvalue weighted by Crippen LogP contribution is 2.28. The van der Waals surface area contributed by atoms with Crippen molar-refractivity contribution in [1.29, 1.82) is 0 Å². The number of nitrogens with zero attached hydrogens (tertiary/aromatic N) is 4. The van der Waals surface area contributed by atoms with Crippen LogP contribution in [0.4, 0.5) is 0 Å². The van der Waals surface area contributed by atoms with E-state index in [1.54, 1.807) is 12.3 Å². The minimum absolute atomic E-state index is 0.131. The highest BCUT2D eigenvalue weighted by molar-refractivity contribution is 5.77. The number of fused-ring (bicyclic) bond motifs is 1. The van der Waals surface area contributed by atoms with E-state index in [1.165, 1.54) is 7.11 Å². The summed E-state index contributed by atoms with van der Waals surface area (Å²) in [4.78, 5) is 26.6. The molecule has 0 spiro atoms. The van der Waals surface area contributed by atoms with Gasteiger partial charge in [0.1, 0.15) is 11.3 Å². The van der Waals surface area contributed by atoms with Gasteiger partial charge in [0.15, 0.2) is 5.65 Å². The molecule has 1 N–H and O–H groups in total. The Morgan fingerprint density at radius 3 is 3.15 bits per heavy atom. The third-order valence-electron chi connectivity index (χ3n) is 4.79. The molecule has 3 aromatic rings. The van der Waals surface area contributed by atoms with Gasteiger partial charge in [-0.1, -0.05) is 0 Å². The molecule has 0 saturated carbocycles. The van der Waals surface area contributed by atoms with Crippen molar-refractivity contribution in [3.8, 4) is 5.88 Å². The predicted octanol–water partition coefficient (Wildman–Crippen LogP) is 2.21. The van der Waals surface area contributed by atoms with Gasteiger partial charge in [-0.3, -0.25) is 9.78 Å². The molecule has 1 saturated heterocycles. The minimum Gasteiger partial charge on any atom is -0.479 e. The van der Waals surface area contributed by atoms with E-state index >= 15 is 0 Å². The Bertz CT molecular complexity index is 932. The minimum atomic E-state index is 0.131. The molecular weight excluding hydrogens is 334 g/mol. The van der Waals surface area contributed by atoms with Crippen LogP contribution in [0.1, 0.15) is 35.9 Å². The van der Waals surface area contributed by atoms with Gasteiger partial charge in [0.2, 0.25) is 5.91 Å². The fraction of sp³-hybridized carbons (Fsp3) is 0.444. The maximum Gasteiger partial charge on any atom is 0.254 e. The number of amides is 1. The smallest absolute Gasteiger partial charge is 0.254 e. The van der Waals surface area contributed by atoms with Crippen LogP contribution in [0.5, 0.6) is 5.88 Å². The van der Waals surface area contributed by atoms with Crippen molar-refractivity contribution in [3.05, 3.63) is 35.5 Å². The number of hydrogen-bond acceptors (Lipinski definition) is 6. The Kier molecular flexibility index (Phi) is 4.32. The van der Waals surface area contributed by atoms with Crippen LogP contribution in [0, 0.1) is 6.92 Å². The first-order valence-corrected chi connectivity index (χ1v) is 8.72. The van der Waals surface area contributed by atoms with Crippen LogP contribution in [0.15, 0.2) is 22.9 Å². The summed E-state index contributed by atoms with van der Waals surface area (Å²) in [5, 5.41) is 3.75. The maximum atomic E-state index is 12.5. The van der Waals surface area contributed by atoms with Crippen molar-refractivity contribution in [2.45, 2.75) is 32.1 Å². The normalized spacial score (nSPS) is 17.2. The second-order valence-electron chi connectivity index (χ2n) is 6.63. The second-order valence-corrected chi connectivity index (χ2v) is 6.63. The standard InChI is InChI=1S/C18H21N5O3/c1-11-9-19-15-8-14(21-18(15)20-11)12-5-6-23(10-12)17(24)4-3-13-7-16(25-2)22-26-13/h7-9,12H,3-6,10H2,1-2H3,(H,20,21)/t12-/m1/s1. The Balaban J connectivity index is 1.36. The number of aryl methyl sites for hydroxylation is 2. The lowest BCUT2D eigenvalue weighted by molar-refractivity contribution is -0.130. The van der Waals surface area contributed by atoms with E-state index in [0.29, 0.717) is 36.9 Å². The molecule has 0 radical (unpaired) electrons. The lowest BCUT2D eigenvalue weighted by atomic mass is 10.1. The molecule has 1 fully saturated rings. The molecule has 3 aromatic heterocycles. The molecule has 8 heteroatoms. The van der Waals surface area contributed by atoms with Gasteiger partial charge in [0.05, 0.1) is 12.8 Å². The number of nitrogens with one attached hydrogen (secondary N) is 1. The van der Waals surface area contributed by atoms with Gasteiger partial charge in [-0.05, 0) is 24.6 Å². The SMILES string of the molecule is COc1cc(CCC(=O)N2CC[C@@H](c3cc4ncc(C)nc4[nH]3)C2)on1. The Morgan fingerprint density at radius 2 is 2.35 bits per heavy atom. The molecular formula is C18H21N5O3. The number of methoxy groups -OCH3 is 1. The fourth-order valence-electron chi connectivity index (χ4n) is 3.36. The molecule has 1 aliphatic heterocycles. The zero-order chi connectivity index (χ0) is 18.1. The van der Waals surface area contributed by atoms with E-state index in [2.05, 4.69) is 20.1 Å². The molecule has 1 aliphatic rings. The van der Waals surface area contributed by atoms with Crippen LogP contribution in [0.2, 0.25) is 0 Å². The first-order valence-electron chi connectivity index (χ1n) is 8.72. The third-order valence-corrected chi connectivity index (χ3v) is 4.79. The highest BCUT2D eigenvalue weighted by Gasteiger charge is 2.28. The summed E-state index contributed by atoms with van der Waals surface area (Å²) in [6.45, 7) is 3.40. The monoisotopic (exact) mass is 355 g/mol. The van der Waals surface area contributed by atoms with Crippen molar-refractivity contribution < 1.29 is 14.1 Å². The summed E-state index contributed by atoms with van der Waals surface area (Å²) in [6.07, 6.45) is 3.63. The molecule has 0 unspecified atom stereocenters. The quantitative estimate of drug-likeness (QED) is 0.754. The number of ether oxygens (including phenoxy) is 1. The summed E-state index contributed by atoms with van der Waals surface area (Å²) in [7, 11) is 1.54. The number of aromatic nitrogens is 4. The fourth-order valence-corrected chi connectivity index (χ4v) is 3.36. The second kappa shape index (κ2) is 6.78. The van der Waals surface area contributed by atoms with E-state index in [0.717, 1.165) is 35.5 Å². The van der Waals surface area contributed by atoms with E-state index < -0.39 is 0 Å². The van der Waals surface area contributed by atoms with Crippen LogP contribution in [-0.4, -0.2) is 51.1 Å². The van der Waals surface area contributed by atoms with Crippen molar-refractivity contribution in [2.24, 2.45) is 0 Å². The summed E-state index contributed by atoms with van der Waals surface area (Å²) in [6, 6.07) is 3.76. The summed E-state index contributed by atoms with van der Waals surface area (Å²) in [5.41, 5.74) is 3.66. The number of aromatic amines is 1. The molecule has 0 bridgehead atoms. The van der Waals surface area contributed by atoms with Gasteiger partial charge in [-0.15, -0.1) is 0 Å². The van der Waals surface area contributed by atoms with Crippen LogP contribution in [0.25, 0.3) is 11.2 Å². The number of likely N-dealkylation sites (tertiary alicyclic amines) is 1. The number of H-pyrrole nitrogens is 1. The Hall–Kier alpha value is -2.90. The Labute approximate surface area is 150 Å². The van der Waals surface area contributed by atoms with Gasteiger partial charge >= 0.3 is 0 Å². The molecule has 1 atom stereocenters. The number of rotatable bonds is 5. The average Bonchev–Trinajstić information content (AvgIpc) is 3.37. The van der Waals surface area contributed by atoms with Crippen molar-refractivity contribution in [2.75, 3.05) is 20.2 Å². The lowest BCUT2D eigenvalue weighted by Gasteiger charge is -2.15. The van der Waals surface area contributed by atoms with Gasteiger partial charge in [-0.25, -0.2) is 4.98 Å². The van der Waals surface area contributed by atoms with Gasteiger partial charge in [-0.2, -0.15) is 0 Å². The number of carbonyl (C=O) groups excluding carboxylic acids is 1. The predicted molar refractivity (Wildman–Crippen MR) is 93.9 cm³/mol. The van der Waals surface area contributed by atoms with Crippen molar-refractivity contribution in [1.82, 2.24) is 25.0 Å². The molecule has 0 aromatic carbocycles. The van der Waals surface area contributed by atoms with Crippen LogP contribution < -0.4 is 4.74 Å². The maximum absolute atomic E-state index is 12.5. The molecule has 4 rings (SSSR count). The van der Waals surface area contributed by atoms with Gasteiger partial charge in [0, 0.05) is 49.8 Å². The molecule has 1 amide bonds. The molecule has 8 nitrogen and oxygen atoms in total. The lowest BCUT2D eigenvalue weighted by Crippen LogP contribution is -2.28. The zero-order valence-corrected chi connectivity index (χ0v) is 14.9. The molecule has 26 heavy (non-hydrogen) atoms. The van der Waals surface area contributed by atoms with Crippen LogP contribution >= 0.6 is 0 Å². The molecule has 0 aliphatic carbocycles. The van der Waals surface area contributed by atoms with E-state index in [1.807, 2.05) is 17.9 Å². The third kappa shape index (κ3) is 3.26. The largest absolute Gasteiger partial charge is 0.479 e. The molecule has 136 valence electrons. The average molecular weight is 355 g/mol. The van der Waals surface area contributed by atoms with E-state index in [9.17, 15) is 4.79 Å². The van der Waals surface area contributed by atoms with Crippen LogP contribution in [0.3, 0.4) is 0 Å². The van der Waals surface area contributed by atoms with E-state index in [4.69, 9.17) is 9.26 Å². The highest BCUT2D eigenvalue weighted by atomic mass is 16.5. The Morgan fingerprint density at radius 1 is 1.46 bits per heavy atom. The zero-order valence-electron chi connectivity index (χ0n) is 14.9. The molecule has 4 heterocycles. The van der Waals surface area contributed by atoms with Crippen molar-refractivity contribution >= 4 is 17.1 Å². The first-order chi connectivity index (χ1) is 12.6.